The van der Waals surface area contributed by atoms with Gasteiger partial charge in [-0.15, -0.1) is 0 Å². The molecular formula is C23H23Br2N3O5. The van der Waals surface area contributed by atoms with Crippen molar-refractivity contribution in [3.05, 3.63) is 61.0 Å². The first-order chi connectivity index (χ1) is 15.7. The van der Waals surface area contributed by atoms with Crippen LogP contribution in [0.1, 0.15) is 38.1 Å². The molecule has 1 N–H and O–H groups in total. The molecule has 0 aliphatic carbocycles. The first-order valence-corrected chi connectivity index (χ1v) is 11.9. The Bertz CT molecular complexity index is 1270. The van der Waals surface area contributed by atoms with Crippen molar-refractivity contribution in [3.63, 3.8) is 0 Å². The molecule has 3 rings (SSSR count). The summed E-state index contributed by atoms with van der Waals surface area (Å²) in [4.78, 5) is 29.0. The minimum atomic E-state index is -1.09. The number of aliphatic carboxylic acids is 1. The van der Waals surface area contributed by atoms with Gasteiger partial charge in [0.25, 0.3) is 5.56 Å². The van der Waals surface area contributed by atoms with Crippen molar-refractivity contribution in [3.8, 4) is 11.5 Å². The number of hydrogen-bond acceptors (Lipinski definition) is 6. The molecule has 0 fully saturated rings. The number of carboxylic acids is 1. The highest BCUT2D eigenvalue weighted by atomic mass is 79.9. The first-order valence-electron chi connectivity index (χ1n) is 10.3. The van der Waals surface area contributed by atoms with E-state index < -0.39 is 12.1 Å². The molecule has 10 heteroatoms. The largest absolute Gasteiger partial charge is 0.493 e. The van der Waals surface area contributed by atoms with E-state index in [0.717, 1.165) is 17.3 Å². The van der Waals surface area contributed by atoms with E-state index in [0.29, 0.717) is 38.9 Å². The third kappa shape index (κ3) is 5.80. The fourth-order valence-electron chi connectivity index (χ4n) is 3.09. The average Bonchev–Trinajstić information content (AvgIpc) is 2.78. The number of rotatable bonds is 9. The standard InChI is InChI=1S/C23H23Br2N3O5/c1-4-5-6-20-27-18-8-7-15(24)11-16(18)22(29)28(20)26-12-14-9-17(25)21(19(10-14)32-3)33-13(2)23(30)31/h7-13H,4-6H2,1-3H3,(H,30,31)/t13-/m1/s1. The normalized spacial score (nSPS) is 12.3. The molecule has 0 bridgehead atoms. The van der Waals surface area contributed by atoms with Gasteiger partial charge in [0, 0.05) is 10.9 Å². The van der Waals surface area contributed by atoms with Crippen molar-refractivity contribution in [1.29, 1.82) is 0 Å². The van der Waals surface area contributed by atoms with Gasteiger partial charge in [-0.3, -0.25) is 4.79 Å². The van der Waals surface area contributed by atoms with Crippen LogP contribution >= 0.6 is 31.9 Å². The summed E-state index contributed by atoms with van der Waals surface area (Å²) in [6.45, 7) is 3.50. The van der Waals surface area contributed by atoms with Crippen molar-refractivity contribution in [2.75, 3.05) is 7.11 Å². The second-order valence-electron chi connectivity index (χ2n) is 7.29. The van der Waals surface area contributed by atoms with Crippen LogP contribution in [0.15, 0.2) is 49.2 Å². The van der Waals surface area contributed by atoms with Gasteiger partial charge in [-0.2, -0.15) is 9.78 Å². The highest BCUT2D eigenvalue weighted by Crippen LogP contribution is 2.37. The Morgan fingerprint density at radius 2 is 2.06 bits per heavy atom. The number of benzene rings is 2. The summed E-state index contributed by atoms with van der Waals surface area (Å²) in [5.41, 5.74) is 0.987. The molecule has 0 amide bonds. The van der Waals surface area contributed by atoms with Crippen LogP contribution in [0.2, 0.25) is 0 Å². The van der Waals surface area contributed by atoms with Gasteiger partial charge in [-0.1, -0.05) is 29.3 Å². The molecule has 0 saturated heterocycles. The molecule has 1 atom stereocenters. The lowest BCUT2D eigenvalue weighted by Gasteiger charge is -2.16. The lowest BCUT2D eigenvalue weighted by atomic mass is 10.2. The van der Waals surface area contributed by atoms with E-state index >= 15 is 0 Å². The van der Waals surface area contributed by atoms with Crippen molar-refractivity contribution in [1.82, 2.24) is 9.66 Å². The zero-order valence-corrected chi connectivity index (χ0v) is 21.5. The van der Waals surface area contributed by atoms with E-state index in [1.54, 1.807) is 18.2 Å². The smallest absolute Gasteiger partial charge is 0.344 e. The minimum Gasteiger partial charge on any atom is -0.493 e. The number of aromatic nitrogens is 2. The maximum absolute atomic E-state index is 13.2. The number of ether oxygens (including phenoxy) is 2. The molecular weight excluding hydrogens is 558 g/mol. The van der Waals surface area contributed by atoms with E-state index in [-0.39, 0.29) is 11.3 Å². The number of aryl methyl sites for hydroxylation is 1. The molecule has 1 heterocycles. The van der Waals surface area contributed by atoms with Gasteiger partial charge < -0.3 is 14.6 Å². The van der Waals surface area contributed by atoms with Crippen LogP contribution in [-0.4, -0.2) is 40.2 Å². The second-order valence-corrected chi connectivity index (χ2v) is 9.06. The summed E-state index contributed by atoms with van der Waals surface area (Å²) in [6, 6.07) is 8.75. The second kappa shape index (κ2) is 10.9. The SMILES string of the molecule is CCCCc1nc2ccc(Br)cc2c(=O)n1N=Cc1cc(Br)c(O[C@H](C)C(=O)O)c(OC)c1. The summed E-state index contributed by atoms with van der Waals surface area (Å²) in [5.74, 6) is 0.0822. The highest BCUT2D eigenvalue weighted by molar-refractivity contribution is 9.10. The fraction of sp³-hybridized carbons (Fsp3) is 0.304. The summed E-state index contributed by atoms with van der Waals surface area (Å²) >= 11 is 6.80. The predicted octanol–water partition coefficient (Wildman–Crippen LogP) is 5.01. The van der Waals surface area contributed by atoms with E-state index in [9.17, 15) is 9.59 Å². The number of fused-ring (bicyclic) bond motifs is 1. The van der Waals surface area contributed by atoms with Gasteiger partial charge >= 0.3 is 5.97 Å². The van der Waals surface area contributed by atoms with E-state index in [1.807, 2.05) is 12.1 Å². The Kier molecular flexibility index (Phi) is 8.25. The summed E-state index contributed by atoms with van der Waals surface area (Å²) in [5, 5.41) is 14.0. The molecule has 0 aliphatic rings. The van der Waals surface area contributed by atoms with Crippen molar-refractivity contribution >= 4 is 54.9 Å². The molecule has 0 saturated carbocycles. The van der Waals surface area contributed by atoms with Crippen molar-refractivity contribution < 1.29 is 19.4 Å². The Balaban J connectivity index is 2.05. The number of halogens is 2. The third-order valence-corrected chi connectivity index (χ3v) is 5.93. The molecule has 1 aromatic heterocycles. The van der Waals surface area contributed by atoms with Crippen LogP contribution in [-0.2, 0) is 11.2 Å². The van der Waals surface area contributed by atoms with Gasteiger partial charge in [-0.05, 0) is 65.2 Å². The summed E-state index contributed by atoms with van der Waals surface area (Å²) in [7, 11) is 1.46. The molecule has 3 aromatic rings. The van der Waals surface area contributed by atoms with Crippen molar-refractivity contribution in [2.45, 2.75) is 39.2 Å². The van der Waals surface area contributed by atoms with Crippen molar-refractivity contribution in [2.24, 2.45) is 5.10 Å². The molecule has 0 aliphatic heterocycles. The van der Waals surface area contributed by atoms with Gasteiger partial charge in [0.2, 0.25) is 0 Å². The van der Waals surface area contributed by atoms with E-state index in [2.05, 4.69) is 48.9 Å². The van der Waals surface area contributed by atoms with E-state index in [4.69, 9.17) is 14.6 Å². The molecule has 0 unspecified atom stereocenters. The van der Waals surface area contributed by atoms with Crippen LogP contribution in [0.5, 0.6) is 11.5 Å². The topological polar surface area (TPSA) is 103 Å². The van der Waals surface area contributed by atoms with Crippen LogP contribution in [0, 0.1) is 0 Å². The Labute approximate surface area is 207 Å². The number of hydrogen-bond donors (Lipinski definition) is 1. The quantitative estimate of drug-likeness (QED) is 0.357. The number of nitrogens with zero attached hydrogens (tertiary/aromatic N) is 3. The number of carbonyl (C=O) groups is 1. The lowest BCUT2D eigenvalue weighted by molar-refractivity contribution is -0.144. The molecule has 33 heavy (non-hydrogen) atoms. The van der Waals surface area contributed by atoms with Gasteiger partial charge in [0.15, 0.2) is 17.6 Å². The van der Waals surface area contributed by atoms with Gasteiger partial charge in [-0.25, -0.2) is 9.78 Å². The highest BCUT2D eigenvalue weighted by Gasteiger charge is 2.19. The van der Waals surface area contributed by atoms with Crippen LogP contribution in [0.3, 0.4) is 0 Å². The monoisotopic (exact) mass is 579 g/mol. The third-order valence-electron chi connectivity index (χ3n) is 4.85. The maximum atomic E-state index is 13.2. The Morgan fingerprint density at radius 3 is 2.73 bits per heavy atom. The first kappa shape index (κ1) is 24.9. The molecule has 0 spiro atoms. The number of methoxy groups -OCH3 is 1. The number of unbranched alkanes of at least 4 members (excludes halogenated alkanes) is 1. The van der Waals surface area contributed by atoms with Gasteiger partial charge in [0.1, 0.15) is 5.82 Å². The lowest BCUT2D eigenvalue weighted by Crippen LogP contribution is -2.23. The number of carboxylic acid groups (broad SMARTS) is 1. The fourth-order valence-corrected chi connectivity index (χ4v) is 4.01. The Morgan fingerprint density at radius 1 is 1.30 bits per heavy atom. The van der Waals surface area contributed by atoms with Crippen LogP contribution in [0.4, 0.5) is 0 Å². The van der Waals surface area contributed by atoms with Crippen LogP contribution < -0.4 is 15.0 Å². The summed E-state index contributed by atoms with van der Waals surface area (Å²) < 4.78 is 13.5. The average molecular weight is 581 g/mol. The predicted molar refractivity (Wildman–Crippen MR) is 134 cm³/mol. The Hall–Kier alpha value is -2.72. The van der Waals surface area contributed by atoms with Gasteiger partial charge in [0.05, 0.1) is 28.7 Å². The van der Waals surface area contributed by atoms with E-state index in [1.165, 1.54) is 24.9 Å². The molecule has 2 aromatic carbocycles. The summed E-state index contributed by atoms with van der Waals surface area (Å²) in [6.07, 6.45) is 2.91. The maximum Gasteiger partial charge on any atom is 0.344 e. The minimum absolute atomic E-state index is 0.259. The molecule has 174 valence electrons. The molecule has 8 nitrogen and oxygen atoms in total. The zero-order valence-electron chi connectivity index (χ0n) is 18.3. The zero-order chi connectivity index (χ0) is 24.1. The molecule has 0 radical (unpaired) electrons. The van der Waals surface area contributed by atoms with Crippen LogP contribution in [0.25, 0.3) is 10.9 Å².